The van der Waals surface area contributed by atoms with Gasteiger partial charge < -0.3 is 9.73 Å². The molecule has 96 valence electrons. The van der Waals surface area contributed by atoms with E-state index in [2.05, 4.69) is 10.3 Å². The molecule has 0 aliphatic heterocycles. The summed E-state index contributed by atoms with van der Waals surface area (Å²) in [6.07, 6.45) is 1.74. The van der Waals surface area contributed by atoms with Crippen LogP contribution in [0.15, 0.2) is 52.4 Å². The first-order chi connectivity index (χ1) is 9.33. The van der Waals surface area contributed by atoms with E-state index in [1.165, 1.54) is 17.4 Å². The van der Waals surface area contributed by atoms with Crippen LogP contribution in [0.1, 0.15) is 5.76 Å². The van der Waals surface area contributed by atoms with Gasteiger partial charge in [0.1, 0.15) is 17.3 Å². The van der Waals surface area contributed by atoms with Crippen LogP contribution >= 0.6 is 11.3 Å². The molecule has 19 heavy (non-hydrogen) atoms. The lowest BCUT2D eigenvalue weighted by Gasteiger charge is -2.00. The summed E-state index contributed by atoms with van der Waals surface area (Å²) in [6.45, 7) is 0.530. The van der Waals surface area contributed by atoms with Crippen LogP contribution in [-0.4, -0.2) is 4.98 Å². The quantitative estimate of drug-likeness (QED) is 0.776. The zero-order valence-corrected chi connectivity index (χ0v) is 10.8. The molecule has 0 aliphatic carbocycles. The normalized spacial score (nSPS) is 10.6. The van der Waals surface area contributed by atoms with Crippen LogP contribution in [0.3, 0.4) is 0 Å². The van der Waals surface area contributed by atoms with Crippen molar-refractivity contribution >= 4 is 16.5 Å². The third kappa shape index (κ3) is 2.66. The Balaban J connectivity index is 1.75. The van der Waals surface area contributed by atoms with Gasteiger partial charge in [-0.15, -0.1) is 11.3 Å². The van der Waals surface area contributed by atoms with Crippen molar-refractivity contribution in [2.24, 2.45) is 0 Å². The van der Waals surface area contributed by atoms with E-state index in [1.807, 2.05) is 11.4 Å². The number of benzene rings is 1. The summed E-state index contributed by atoms with van der Waals surface area (Å²) in [7, 11) is 0. The highest BCUT2D eigenvalue weighted by Crippen LogP contribution is 2.25. The summed E-state index contributed by atoms with van der Waals surface area (Å²) in [5.74, 6) is 0.999. The highest BCUT2D eigenvalue weighted by Gasteiger charge is 2.09. The number of hydrogen-bond donors (Lipinski definition) is 1. The van der Waals surface area contributed by atoms with E-state index in [0.29, 0.717) is 17.9 Å². The Kier molecular flexibility index (Phi) is 3.29. The van der Waals surface area contributed by atoms with E-state index in [1.54, 1.807) is 30.5 Å². The minimum atomic E-state index is -0.281. The first kappa shape index (κ1) is 11.9. The van der Waals surface area contributed by atoms with E-state index in [9.17, 15) is 4.39 Å². The average molecular weight is 274 g/mol. The van der Waals surface area contributed by atoms with Crippen LogP contribution in [0.25, 0.3) is 11.3 Å². The Morgan fingerprint density at radius 2 is 2.11 bits per heavy atom. The first-order valence-electron chi connectivity index (χ1n) is 5.80. The topological polar surface area (TPSA) is 38.1 Å². The van der Waals surface area contributed by atoms with Gasteiger partial charge in [-0.1, -0.05) is 12.1 Å². The van der Waals surface area contributed by atoms with Crippen molar-refractivity contribution in [2.75, 3.05) is 5.32 Å². The van der Waals surface area contributed by atoms with Gasteiger partial charge >= 0.3 is 0 Å². The SMILES string of the molecule is Fc1ccccc1-c1ccc(CNc2nccs2)o1. The molecular weight excluding hydrogens is 263 g/mol. The van der Waals surface area contributed by atoms with Crippen LogP contribution in [-0.2, 0) is 6.54 Å². The molecule has 2 heterocycles. The van der Waals surface area contributed by atoms with Crippen molar-refractivity contribution in [3.63, 3.8) is 0 Å². The molecule has 0 aliphatic rings. The standard InChI is InChI=1S/C14H11FN2OS/c15-12-4-2-1-3-11(12)13-6-5-10(18-13)9-17-14-16-7-8-19-14/h1-8H,9H2,(H,16,17). The second-order valence-corrected chi connectivity index (χ2v) is 4.83. The zero-order chi connectivity index (χ0) is 13.1. The smallest absolute Gasteiger partial charge is 0.182 e. The fourth-order valence-electron chi connectivity index (χ4n) is 1.75. The molecule has 0 bridgehead atoms. The predicted molar refractivity (Wildman–Crippen MR) is 73.5 cm³/mol. The summed E-state index contributed by atoms with van der Waals surface area (Å²) < 4.78 is 19.2. The zero-order valence-electron chi connectivity index (χ0n) is 9.97. The largest absolute Gasteiger partial charge is 0.459 e. The molecule has 1 N–H and O–H groups in total. The van der Waals surface area contributed by atoms with E-state index in [4.69, 9.17) is 4.42 Å². The Labute approximate surface area is 113 Å². The van der Waals surface area contributed by atoms with Crippen LogP contribution in [0.4, 0.5) is 9.52 Å². The molecular formula is C14H11FN2OS. The van der Waals surface area contributed by atoms with Gasteiger partial charge in [-0.3, -0.25) is 0 Å². The Hall–Kier alpha value is -2.14. The van der Waals surface area contributed by atoms with Gasteiger partial charge in [0, 0.05) is 11.6 Å². The number of aromatic nitrogens is 1. The number of nitrogens with zero attached hydrogens (tertiary/aromatic N) is 1. The summed E-state index contributed by atoms with van der Waals surface area (Å²) >= 11 is 1.52. The molecule has 5 heteroatoms. The molecule has 3 nitrogen and oxygen atoms in total. The lowest BCUT2D eigenvalue weighted by atomic mass is 10.1. The van der Waals surface area contributed by atoms with Crippen molar-refractivity contribution < 1.29 is 8.81 Å². The van der Waals surface area contributed by atoms with E-state index in [-0.39, 0.29) is 5.82 Å². The van der Waals surface area contributed by atoms with Gasteiger partial charge in [-0.25, -0.2) is 9.37 Å². The van der Waals surface area contributed by atoms with E-state index >= 15 is 0 Å². The van der Waals surface area contributed by atoms with E-state index in [0.717, 1.165) is 10.9 Å². The molecule has 0 amide bonds. The molecule has 0 saturated carbocycles. The van der Waals surface area contributed by atoms with Crippen molar-refractivity contribution in [3.05, 3.63) is 59.6 Å². The monoisotopic (exact) mass is 274 g/mol. The van der Waals surface area contributed by atoms with Crippen molar-refractivity contribution in [1.82, 2.24) is 4.98 Å². The number of anilines is 1. The number of halogens is 1. The van der Waals surface area contributed by atoms with Crippen LogP contribution in [0, 0.1) is 5.82 Å². The lowest BCUT2D eigenvalue weighted by Crippen LogP contribution is -1.96. The number of rotatable bonds is 4. The molecule has 0 spiro atoms. The van der Waals surface area contributed by atoms with Crippen molar-refractivity contribution in [3.8, 4) is 11.3 Å². The minimum Gasteiger partial charge on any atom is -0.459 e. The van der Waals surface area contributed by atoms with Gasteiger partial charge in [0.25, 0.3) is 0 Å². The van der Waals surface area contributed by atoms with Gasteiger partial charge in [-0.05, 0) is 24.3 Å². The van der Waals surface area contributed by atoms with Crippen molar-refractivity contribution in [2.45, 2.75) is 6.54 Å². The first-order valence-corrected chi connectivity index (χ1v) is 6.68. The molecule has 2 aromatic heterocycles. The molecule has 1 aromatic carbocycles. The molecule has 0 saturated heterocycles. The second kappa shape index (κ2) is 5.24. The number of hydrogen-bond acceptors (Lipinski definition) is 4. The fourth-order valence-corrected chi connectivity index (χ4v) is 2.28. The Morgan fingerprint density at radius 3 is 2.89 bits per heavy atom. The average Bonchev–Trinajstić information content (AvgIpc) is 3.08. The van der Waals surface area contributed by atoms with Crippen LogP contribution < -0.4 is 5.32 Å². The number of thiazole rings is 1. The summed E-state index contributed by atoms with van der Waals surface area (Å²) in [4.78, 5) is 4.12. The highest BCUT2D eigenvalue weighted by molar-refractivity contribution is 7.13. The van der Waals surface area contributed by atoms with Gasteiger partial charge in [-0.2, -0.15) is 0 Å². The summed E-state index contributed by atoms with van der Waals surface area (Å²) in [5.41, 5.74) is 0.475. The highest BCUT2D eigenvalue weighted by atomic mass is 32.1. The Bertz CT molecular complexity index is 664. The summed E-state index contributed by atoms with van der Waals surface area (Å²) in [6, 6.07) is 10.2. The second-order valence-electron chi connectivity index (χ2n) is 3.94. The van der Waals surface area contributed by atoms with Gasteiger partial charge in [0.15, 0.2) is 5.13 Å². The lowest BCUT2D eigenvalue weighted by molar-refractivity contribution is 0.525. The molecule has 0 atom stereocenters. The van der Waals surface area contributed by atoms with Crippen molar-refractivity contribution in [1.29, 1.82) is 0 Å². The van der Waals surface area contributed by atoms with Gasteiger partial charge in [0.05, 0.1) is 12.1 Å². The predicted octanol–water partition coefficient (Wildman–Crippen LogP) is 4.15. The van der Waals surface area contributed by atoms with Crippen LogP contribution in [0.2, 0.25) is 0 Å². The van der Waals surface area contributed by atoms with Crippen LogP contribution in [0.5, 0.6) is 0 Å². The third-order valence-corrected chi connectivity index (χ3v) is 3.38. The molecule has 3 rings (SSSR count). The molecule has 0 fully saturated rings. The maximum Gasteiger partial charge on any atom is 0.182 e. The number of furan rings is 1. The minimum absolute atomic E-state index is 0.281. The Morgan fingerprint density at radius 1 is 1.21 bits per heavy atom. The maximum absolute atomic E-state index is 13.6. The van der Waals surface area contributed by atoms with E-state index < -0.39 is 0 Å². The molecule has 0 unspecified atom stereocenters. The van der Waals surface area contributed by atoms with Gasteiger partial charge in [0.2, 0.25) is 0 Å². The third-order valence-electron chi connectivity index (χ3n) is 2.65. The maximum atomic E-state index is 13.6. The molecule has 0 radical (unpaired) electrons. The number of nitrogens with one attached hydrogen (secondary N) is 1. The molecule has 3 aromatic rings. The fraction of sp³-hybridized carbons (Fsp3) is 0.0714. The summed E-state index contributed by atoms with van der Waals surface area (Å²) in [5, 5.41) is 5.88.